The number of halogens is 1. The van der Waals surface area contributed by atoms with Crippen molar-refractivity contribution in [2.45, 2.75) is 13.0 Å². The van der Waals surface area contributed by atoms with E-state index in [0.29, 0.717) is 5.02 Å². The molecule has 0 fully saturated rings. The minimum absolute atomic E-state index is 0.652. The average Bonchev–Trinajstić information content (AvgIpc) is 2.65. The highest BCUT2D eigenvalue weighted by Gasteiger charge is 2.14. The Bertz CT molecular complexity index is 445. The Labute approximate surface area is 93.1 Å². The summed E-state index contributed by atoms with van der Waals surface area (Å²) in [7, 11) is 0. The Balaban J connectivity index is 2.32. The van der Waals surface area contributed by atoms with Crippen molar-refractivity contribution in [1.29, 1.82) is 0 Å². The van der Waals surface area contributed by atoms with Crippen molar-refractivity contribution in [3.05, 3.63) is 58.5 Å². The quantitative estimate of drug-likeness (QED) is 0.846. The monoisotopic (exact) mass is 222 g/mol. The number of rotatable bonds is 2. The van der Waals surface area contributed by atoms with E-state index in [-0.39, 0.29) is 0 Å². The van der Waals surface area contributed by atoms with Gasteiger partial charge in [0.25, 0.3) is 0 Å². The third-order valence-corrected chi connectivity index (χ3v) is 2.63. The van der Waals surface area contributed by atoms with Crippen LogP contribution in [-0.2, 0) is 0 Å². The van der Waals surface area contributed by atoms with E-state index in [0.717, 1.165) is 16.9 Å². The molecule has 0 saturated heterocycles. The van der Waals surface area contributed by atoms with Crippen molar-refractivity contribution in [2.24, 2.45) is 0 Å². The minimum Gasteiger partial charge on any atom is -0.469 e. The lowest BCUT2D eigenvalue weighted by Crippen LogP contribution is -1.99. The summed E-state index contributed by atoms with van der Waals surface area (Å²) >= 11 is 5.77. The van der Waals surface area contributed by atoms with Crippen molar-refractivity contribution < 1.29 is 9.52 Å². The first-order valence-corrected chi connectivity index (χ1v) is 5.04. The summed E-state index contributed by atoms with van der Waals surface area (Å²) < 4.78 is 5.14. The minimum atomic E-state index is -0.652. The second-order valence-corrected chi connectivity index (χ2v) is 3.82. The van der Waals surface area contributed by atoms with E-state index in [9.17, 15) is 5.11 Å². The molecule has 1 atom stereocenters. The fourth-order valence-electron chi connectivity index (χ4n) is 1.50. The van der Waals surface area contributed by atoms with Gasteiger partial charge in [-0.05, 0) is 30.7 Å². The third kappa shape index (κ3) is 2.06. The molecule has 0 aliphatic rings. The maximum Gasteiger partial charge on any atom is 0.107 e. The Hall–Kier alpha value is -1.25. The summed E-state index contributed by atoms with van der Waals surface area (Å²) in [6.45, 7) is 1.83. The molecule has 1 unspecified atom stereocenters. The number of benzene rings is 1. The zero-order valence-corrected chi connectivity index (χ0v) is 9.03. The zero-order chi connectivity index (χ0) is 10.8. The van der Waals surface area contributed by atoms with Gasteiger partial charge in [0.2, 0.25) is 0 Å². The molecule has 2 aromatic rings. The predicted octanol–water partition coefficient (Wildman–Crippen LogP) is 3.32. The molecule has 0 radical (unpaired) electrons. The normalized spacial score (nSPS) is 12.7. The number of aliphatic hydroxyl groups is 1. The predicted molar refractivity (Wildman–Crippen MR) is 59.0 cm³/mol. The molecule has 0 amide bonds. The molecule has 0 aliphatic carbocycles. The van der Waals surface area contributed by atoms with E-state index >= 15 is 0 Å². The van der Waals surface area contributed by atoms with Gasteiger partial charge >= 0.3 is 0 Å². The van der Waals surface area contributed by atoms with Crippen molar-refractivity contribution in [3.8, 4) is 0 Å². The molecule has 2 nitrogen and oxygen atoms in total. The highest BCUT2D eigenvalue weighted by Crippen LogP contribution is 2.26. The fraction of sp³-hybridized carbons (Fsp3) is 0.167. The van der Waals surface area contributed by atoms with Crippen LogP contribution in [0.3, 0.4) is 0 Å². The lowest BCUT2D eigenvalue weighted by atomic mass is 10.0. The van der Waals surface area contributed by atoms with Crippen molar-refractivity contribution in [1.82, 2.24) is 0 Å². The molecule has 0 saturated carbocycles. The molecular weight excluding hydrogens is 212 g/mol. The van der Waals surface area contributed by atoms with Crippen LogP contribution in [0.5, 0.6) is 0 Å². The molecule has 0 aliphatic heterocycles. The topological polar surface area (TPSA) is 33.4 Å². The number of aryl methyl sites for hydroxylation is 1. The summed E-state index contributed by atoms with van der Waals surface area (Å²) in [6, 6.07) is 8.90. The summed E-state index contributed by atoms with van der Waals surface area (Å²) in [4.78, 5) is 0. The van der Waals surface area contributed by atoms with E-state index in [1.807, 2.05) is 6.92 Å². The first-order valence-electron chi connectivity index (χ1n) is 4.66. The molecule has 0 spiro atoms. The number of furan rings is 1. The largest absolute Gasteiger partial charge is 0.469 e. The summed E-state index contributed by atoms with van der Waals surface area (Å²) in [5.41, 5.74) is 1.60. The van der Waals surface area contributed by atoms with E-state index in [2.05, 4.69) is 0 Å². The van der Waals surface area contributed by atoms with E-state index < -0.39 is 6.10 Å². The van der Waals surface area contributed by atoms with Crippen LogP contribution in [0.25, 0.3) is 0 Å². The van der Waals surface area contributed by atoms with Crippen LogP contribution in [0.2, 0.25) is 5.02 Å². The van der Waals surface area contributed by atoms with Crippen LogP contribution in [0.4, 0.5) is 0 Å². The smallest absolute Gasteiger partial charge is 0.107 e. The Morgan fingerprint density at radius 1 is 1.20 bits per heavy atom. The zero-order valence-electron chi connectivity index (χ0n) is 8.27. The van der Waals surface area contributed by atoms with Crippen molar-refractivity contribution >= 4 is 11.6 Å². The Kier molecular flexibility index (Phi) is 2.80. The van der Waals surface area contributed by atoms with Crippen molar-refractivity contribution in [2.75, 3.05) is 0 Å². The van der Waals surface area contributed by atoms with Gasteiger partial charge in [0.15, 0.2) is 0 Å². The maximum absolute atomic E-state index is 10.0. The van der Waals surface area contributed by atoms with E-state index in [4.69, 9.17) is 16.0 Å². The second kappa shape index (κ2) is 4.09. The molecule has 1 aromatic heterocycles. The van der Waals surface area contributed by atoms with Gasteiger partial charge in [-0.15, -0.1) is 0 Å². The van der Waals surface area contributed by atoms with Gasteiger partial charge in [-0.2, -0.15) is 0 Å². The SMILES string of the molecule is Cc1occc1C(O)c1ccc(Cl)cc1. The van der Waals surface area contributed by atoms with Gasteiger partial charge in [0.05, 0.1) is 6.26 Å². The average molecular weight is 223 g/mol. The van der Waals surface area contributed by atoms with Crippen LogP contribution in [0.15, 0.2) is 41.0 Å². The fourth-order valence-corrected chi connectivity index (χ4v) is 1.63. The van der Waals surface area contributed by atoms with Crippen LogP contribution in [-0.4, -0.2) is 5.11 Å². The Morgan fingerprint density at radius 3 is 2.40 bits per heavy atom. The van der Waals surface area contributed by atoms with Gasteiger partial charge in [-0.25, -0.2) is 0 Å². The van der Waals surface area contributed by atoms with Gasteiger partial charge in [0.1, 0.15) is 11.9 Å². The lowest BCUT2D eigenvalue weighted by Gasteiger charge is -2.09. The first kappa shape index (κ1) is 10.3. The van der Waals surface area contributed by atoms with Gasteiger partial charge in [-0.1, -0.05) is 23.7 Å². The van der Waals surface area contributed by atoms with Crippen LogP contribution >= 0.6 is 11.6 Å². The van der Waals surface area contributed by atoms with Crippen LogP contribution < -0.4 is 0 Å². The first-order chi connectivity index (χ1) is 7.18. The van der Waals surface area contributed by atoms with E-state index in [1.54, 1.807) is 36.6 Å². The van der Waals surface area contributed by atoms with Crippen LogP contribution in [0, 0.1) is 6.92 Å². The highest BCUT2D eigenvalue weighted by atomic mass is 35.5. The van der Waals surface area contributed by atoms with Gasteiger partial charge in [-0.3, -0.25) is 0 Å². The summed E-state index contributed by atoms with van der Waals surface area (Å²) in [6.07, 6.45) is 0.921. The Morgan fingerprint density at radius 2 is 1.87 bits per heavy atom. The molecule has 2 rings (SSSR count). The maximum atomic E-state index is 10.0. The molecule has 78 valence electrons. The number of aliphatic hydroxyl groups excluding tert-OH is 1. The molecule has 0 bridgehead atoms. The van der Waals surface area contributed by atoms with Crippen LogP contribution in [0.1, 0.15) is 23.0 Å². The van der Waals surface area contributed by atoms with Crippen molar-refractivity contribution in [3.63, 3.8) is 0 Å². The molecule has 1 heterocycles. The number of hydrogen-bond donors (Lipinski definition) is 1. The second-order valence-electron chi connectivity index (χ2n) is 3.39. The molecule has 3 heteroatoms. The standard InChI is InChI=1S/C12H11ClO2/c1-8-11(6-7-15-8)12(14)9-2-4-10(13)5-3-9/h2-7,12,14H,1H3. The molecule has 1 N–H and O–H groups in total. The van der Waals surface area contributed by atoms with Gasteiger partial charge < -0.3 is 9.52 Å². The molecule has 15 heavy (non-hydrogen) atoms. The van der Waals surface area contributed by atoms with E-state index in [1.165, 1.54) is 0 Å². The van der Waals surface area contributed by atoms with Gasteiger partial charge in [0, 0.05) is 10.6 Å². The molecule has 1 aromatic carbocycles. The number of hydrogen-bond acceptors (Lipinski definition) is 2. The summed E-state index contributed by atoms with van der Waals surface area (Å²) in [5, 5.41) is 10.7. The lowest BCUT2D eigenvalue weighted by molar-refractivity contribution is 0.218. The summed E-state index contributed by atoms with van der Waals surface area (Å²) in [5.74, 6) is 0.734. The third-order valence-electron chi connectivity index (χ3n) is 2.38. The molecular formula is C12H11ClO2. The highest BCUT2D eigenvalue weighted by molar-refractivity contribution is 6.30.